The summed E-state index contributed by atoms with van der Waals surface area (Å²) in [7, 11) is 0. The topological polar surface area (TPSA) is 92.8 Å². The lowest BCUT2D eigenvalue weighted by Crippen LogP contribution is -2.42. The third-order valence-electron chi connectivity index (χ3n) is 3.83. The molecule has 2 aromatic carbocycles. The Kier molecular flexibility index (Phi) is 4.79. The van der Waals surface area contributed by atoms with E-state index < -0.39 is 30.2 Å². The Morgan fingerprint density at radius 2 is 1.65 bits per heavy atom. The van der Waals surface area contributed by atoms with E-state index in [0.29, 0.717) is 5.75 Å². The second-order valence-corrected chi connectivity index (χ2v) is 5.81. The third kappa shape index (κ3) is 3.61. The van der Waals surface area contributed by atoms with Gasteiger partial charge in [-0.1, -0.05) is 24.3 Å². The van der Waals surface area contributed by atoms with Crippen LogP contribution in [0.5, 0.6) is 5.75 Å². The monoisotopic (exact) mass is 352 g/mol. The second-order valence-electron chi connectivity index (χ2n) is 5.81. The molecular weight excluding hydrogens is 336 g/mol. The summed E-state index contributed by atoms with van der Waals surface area (Å²) < 4.78 is 5.11. The van der Waals surface area contributed by atoms with Crippen molar-refractivity contribution in [2.75, 3.05) is 13.1 Å². The van der Waals surface area contributed by atoms with Gasteiger partial charge >= 0.3 is 5.97 Å². The molecular formula is C19H16N2O5. The van der Waals surface area contributed by atoms with Crippen molar-refractivity contribution in [3.63, 3.8) is 0 Å². The third-order valence-corrected chi connectivity index (χ3v) is 3.83. The highest BCUT2D eigenvalue weighted by Gasteiger charge is 2.36. The van der Waals surface area contributed by atoms with Gasteiger partial charge in [-0.2, -0.15) is 0 Å². The fourth-order valence-corrected chi connectivity index (χ4v) is 2.60. The number of rotatable bonds is 5. The molecule has 3 rings (SSSR count). The first-order valence-corrected chi connectivity index (χ1v) is 7.95. The number of carbonyl (C=O) groups excluding carboxylic acids is 4. The average Bonchev–Trinajstić information content (AvgIpc) is 2.85. The molecule has 7 nitrogen and oxygen atoms in total. The first-order chi connectivity index (χ1) is 12.5. The number of esters is 1. The van der Waals surface area contributed by atoms with Crippen LogP contribution in [0.25, 0.3) is 0 Å². The van der Waals surface area contributed by atoms with Gasteiger partial charge in [0.2, 0.25) is 5.91 Å². The van der Waals surface area contributed by atoms with Crippen LogP contribution in [0.15, 0.2) is 48.5 Å². The number of amides is 3. The van der Waals surface area contributed by atoms with Crippen LogP contribution in [-0.2, 0) is 9.59 Å². The molecule has 2 aromatic rings. The van der Waals surface area contributed by atoms with Gasteiger partial charge in [0.05, 0.1) is 11.1 Å². The summed E-state index contributed by atoms with van der Waals surface area (Å²) in [6.07, 6.45) is 0. The van der Waals surface area contributed by atoms with Crippen molar-refractivity contribution < 1.29 is 23.9 Å². The minimum Gasteiger partial charge on any atom is -0.425 e. The molecule has 0 aliphatic carbocycles. The summed E-state index contributed by atoms with van der Waals surface area (Å²) >= 11 is 0. The fraction of sp³-hybridized carbons (Fsp3) is 0.158. The normalized spacial score (nSPS) is 12.7. The number of ether oxygens (including phenoxy) is 1. The molecule has 3 amide bonds. The zero-order valence-corrected chi connectivity index (χ0v) is 14.0. The number of imide groups is 1. The number of nitrogens with one attached hydrogen (secondary N) is 1. The van der Waals surface area contributed by atoms with Gasteiger partial charge in [-0.15, -0.1) is 0 Å². The van der Waals surface area contributed by atoms with Crippen molar-refractivity contribution in [3.8, 4) is 5.75 Å². The maximum Gasteiger partial charge on any atom is 0.330 e. The van der Waals surface area contributed by atoms with Crippen molar-refractivity contribution in [1.82, 2.24) is 10.2 Å². The fourth-order valence-electron chi connectivity index (χ4n) is 2.60. The SMILES string of the molecule is Cc1cccc(OC(=O)CNC(=O)CN2C(=O)c3ccccc3C2=O)c1. The van der Waals surface area contributed by atoms with E-state index in [1.165, 1.54) is 12.1 Å². The summed E-state index contributed by atoms with van der Waals surface area (Å²) in [5.74, 6) is -1.94. The zero-order chi connectivity index (χ0) is 18.7. The first kappa shape index (κ1) is 17.3. The standard InChI is InChI=1S/C19H16N2O5/c1-12-5-4-6-13(9-12)26-17(23)10-20-16(22)11-21-18(24)14-7-2-3-8-15(14)19(21)25/h2-9H,10-11H2,1H3,(H,20,22). The van der Waals surface area contributed by atoms with E-state index >= 15 is 0 Å². The Bertz CT molecular complexity index is 871. The summed E-state index contributed by atoms with van der Waals surface area (Å²) in [5, 5.41) is 2.35. The predicted octanol–water partition coefficient (Wildman–Crippen LogP) is 1.31. The highest BCUT2D eigenvalue weighted by molar-refractivity contribution is 6.22. The van der Waals surface area contributed by atoms with E-state index in [9.17, 15) is 19.2 Å². The van der Waals surface area contributed by atoms with Crippen LogP contribution >= 0.6 is 0 Å². The van der Waals surface area contributed by atoms with Gasteiger partial charge in [0.25, 0.3) is 11.8 Å². The molecule has 0 radical (unpaired) electrons. The minimum atomic E-state index is -0.647. The lowest BCUT2D eigenvalue weighted by atomic mass is 10.1. The number of carbonyl (C=O) groups is 4. The molecule has 1 aliphatic rings. The summed E-state index contributed by atoms with van der Waals surface area (Å²) in [6, 6.07) is 13.3. The molecule has 7 heteroatoms. The number of benzene rings is 2. The van der Waals surface area contributed by atoms with Crippen LogP contribution in [0.1, 0.15) is 26.3 Å². The number of hydrogen-bond donors (Lipinski definition) is 1. The van der Waals surface area contributed by atoms with E-state index in [4.69, 9.17) is 4.74 Å². The number of nitrogens with zero attached hydrogens (tertiary/aromatic N) is 1. The van der Waals surface area contributed by atoms with Crippen molar-refractivity contribution in [1.29, 1.82) is 0 Å². The molecule has 1 aliphatic heterocycles. The van der Waals surface area contributed by atoms with Gasteiger partial charge in [-0.25, -0.2) is 4.79 Å². The van der Waals surface area contributed by atoms with Crippen molar-refractivity contribution in [2.24, 2.45) is 0 Å². The average molecular weight is 352 g/mol. The van der Waals surface area contributed by atoms with Crippen molar-refractivity contribution in [3.05, 3.63) is 65.2 Å². The molecule has 1 heterocycles. The summed E-state index contributed by atoms with van der Waals surface area (Å²) in [6.45, 7) is 1.04. The maximum atomic E-state index is 12.2. The van der Waals surface area contributed by atoms with Gasteiger partial charge < -0.3 is 10.1 Å². The van der Waals surface area contributed by atoms with Crippen molar-refractivity contribution in [2.45, 2.75) is 6.92 Å². The lowest BCUT2D eigenvalue weighted by Gasteiger charge is -2.13. The van der Waals surface area contributed by atoms with Gasteiger partial charge in [-0.3, -0.25) is 19.3 Å². The molecule has 0 saturated heterocycles. The van der Waals surface area contributed by atoms with E-state index in [0.717, 1.165) is 10.5 Å². The van der Waals surface area contributed by atoms with Gasteiger partial charge in [0.15, 0.2) is 0 Å². The zero-order valence-electron chi connectivity index (χ0n) is 14.0. The Labute approximate surface area is 149 Å². The molecule has 0 bridgehead atoms. The number of aryl methyl sites for hydroxylation is 1. The molecule has 26 heavy (non-hydrogen) atoms. The molecule has 0 spiro atoms. The lowest BCUT2D eigenvalue weighted by molar-refractivity contribution is -0.135. The van der Waals surface area contributed by atoms with Crippen LogP contribution in [-0.4, -0.2) is 41.7 Å². The highest BCUT2D eigenvalue weighted by atomic mass is 16.5. The first-order valence-electron chi connectivity index (χ1n) is 7.95. The van der Waals surface area contributed by atoms with E-state index in [1.807, 2.05) is 13.0 Å². The predicted molar refractivity (Wildman–Crippen MR) is 91.6 cm³/mol. The van der Waals surface area contributed by atoms with Gasteiger partial charge in [-0.05, 0) is 36.8 Å². The molecule has 0 aromatic heterocycles. The Hall–Kier alpha value is -3.48. The summed E-state index contributed by atoms with van der Waals surface area (Å²) in [4.78, 5) is 49.0. The minimum absolute atomic E-state index is 0.268. The highest BCUT2D eigenvalue weighted by Crippen LogP contribution is 2.21. The summed E-state index contributed by atoms with van der Waals surface area (Å²) in [5.41, 5.74) is 1.47. The molecule has 0 atom stereocenters. The van der Waals surface area contributed by atoms with E-state index in [-0.39, 0.29) is 17.7 Å². The molecule has 0 unspecified atom stereocenters. The van der Waals surface area contributed by atoms with E-state index in [1.54, 1.807) is 30.3 Å². The van der Waals surface area contributed by atoms with Crippen LogP contribution < -0.4 is 10.1 Å². The van der Waals surface area contributed by atoms with Crippen molar-refractivity contribution >= 4 is 23.7 Å². The second kappa shape index (κ2) is 7.18. The molecule has 132 valence electrons. The largest absolute Gasteiger partial charge is 0.425 e. The number of fused-ring (bicyclic) bond motifs is 1. The van der Waals surface area contributed by atoms with Crippen LogP contribution in [0.2, 0.25) is 0 Å². The Morgan fingerprint density at radius 1 is 1.00 bits per heavy atom. The Morgan fingerprint density at radius 3 is 2.27 bits per heavy atom. The van der Waals surface area contributed by atoms with Gasteiger partial charge in [0.1, 0.15) is 18.8 Å². The Balaban J connectivity index is 1.53. The van der Waals surface area contributed by atoms with Crippen LogP contribution in [0.4, 0.5) is 0 Å². The molecule has 1 N–H and O–H groups in total. The van der Waals surface area contributed by atoms with Crippen LogP contribution in [0.3, 0.4) is 0 Å². The number of hydrogen-bond acceptors (Lipinski definition) is 5. The smallest absolute Gasteiger partial charge is 0.330 e. The maximum absolute atomic E-state index is 12.2. The molecule has 0 fully saturated rings. The van der Waals surface area contributed by atoms with Gasteiger partial charge in [0, 0.05) is 0 Å². The molecule has 0 saturated carbocycles. The quantitative estimate of drug-likeness (QED) is 0.498. The van der Waals surface area contributed by atoms with E-state index in [2.05, 4.69) is 5.32 Å². The van der Waals surface area contributed by atoms with Crippen LogP contribution in [0, 0.1) is 6.92 Å².